The lowest BCUT2D eigenvalue weighted by molar-refractivity contribution is 0.171. The van der Waals surface area contributed by atoms with Crippen LogP contribution in [0, 0.1) is 0 Å². The van der Waals surface area contributed by atoms with Gasteiger partial charge < -0.3 is 15.3 Å². The van der Waals surface area contributed by atoms with Crippen LogP contribution in [0.2, 0.25) is 5.02 Å². The third-order valence-electron chi connectivity index (χ3n) is 6.79. The zero-order valence-corrected chi connectivity index (χ0v) is 19.3. The standard InChI is InChI=1S/C24H28ClN5O3/c1-15(31)23-20(25)10-16(12-27-23)11-26-18-6-8-28(9-7-18)13-19-14-29-21(32)4-2-17-3-5-22(33)30(19)24(17)29/h2-5,10,12,15,18-19,26,31H,6-9,11,13-14H2,1H3/t15?,19-/m1/s1. The molecule has 0 saturated carbocycles. The Kier molecular flexibility index (Phi) is 6.09. The van der Waals surface area contributed by atoms with E-state index in [9.17, 15) is 14.7 Å². The van der Waals surface area contributed by atoms with E-state index in [-0.39, 0.29) is 17.2 Å². The minimum absolute atomic E-state index is 0.0264. The maximum absolute atomic E-state index is 12.6. The van der Waals surface area contributed by atoms with Crippen molar-refractivity contribution in [3.63, 3.8) is 0 Å². The van der Waals surface area contributed by atoms with E-state index in [4.69, 9.17) is 11.6 Å². The fourth-order valence-electron chi connectivity index (χ4n) is 5.06. The summed E-state index contributed by atoms with van der Waals surface area (Å²) in [6.45, 7) is 5.50. The predicted octanol–water partition coefficient (Wildman–Crippen LogP) is 2.07. The van der Waals surface area contributed by atoms with Crippen molar-refractivity contribution >= 4 is 22.6 Å². The van der Waals surface area contributed by atoms with E-state index in [1.54, 1.807) is 46.5 Å². The summed E-state index contributed by atoms with van der Waals surface area (Å²) >= 11 is 6.23. The molecule has 2 N–H and O–H groups in total. The van der Waals surface area contributed by atoms with Gasteiger partial charge in [-0.3, -0.25) is 23.7 Å². The largest absolute Gasteiger partial charge is 0.387 e. The van der Waals surface area contributed by atoms with E-state index < -0.39 is 6.10 Å². The van der Waals surface area contributed by atoms with E-state index >= 15 is 0 Å². The van der Waals surface area contributed by atoms with Gasteiger partial charge in [0.1, 0.15) is 5.65 Å². The minimum atomic E-state index is -0.682. The van der Waals surface area contributed by atoms with Gasteiger partial charge in [0.05, 0.1) is 22.9 Å². The summed E-state index contributed by atoms with van der Waals surface area (Å²) in [5.74, 6) is 0. The topological polar surface area (TPSA) is 92.4 Å². The zero-order valence-electron chi connectivity index (χ0n) is 18.6. The first-order valence-electron chi connectivity index (χ1n) is 11.4. The lowest BCUT2D eigenvalue weighted by Crippen LogP contribution is -2.44. The summed E-state index contributed by atoms with van der Waals surface area (Å²) in [6, 6.07) is 9.00. The summed E-state index contributed by atoms with van der Waals surface area (Å²) in [4.78, 5) is 31.6. The van der Waals surface area contributed by atoms with Crippen molar-refractivity contribution in [1.29, 1.82) is 0 Å². The molecule has 5 heterocycles. The Morgan fingerprint density at radius 2 is 1.91 bits per heavy atom. The van der Waals surface area contributed by atoms with Crippen molar-refractivity contribution in [1.82, 2.24) is 24.3 Å². The Hall–Kier alpha value is -2.52. The smallest absolute Gasteiger partial charge is 0.252 e. The SMILES string of the molecule is CC(O)c1ncc(CNC2CCN(C[C@@H]3Cn4c(=O)ccc5ccc(=O)n3c54)CC2)cc1Cl. The number of aliphatic hydroxyl groups is 1. The maximum atomic E-state index is 12.6. The van der Waals surface area contributed by atoms with Gasteiger partial charge in [-0.05, 0) is 56.6 Å². The zero-order chi connectivity index (χ0) is 23.1. The van der Waals surface area contributed by atoms with Crippen LogP contribution in [-0.2, 0) is 13.1 Å². The molecule has 33 heavy (non-hydrogen) atoms. The van der Waals surface area contributed by atoms with Crippen molar-refractivity contribution in [2.24, 2.45) is 0 Å². The second-order valence-electron chi connectivity index (χ2n) is 9.10. The summed E-state index contributed by atoms with van der Waals surface area (Å²) < 4.78 is 3.53. The van der Waals surface area contributed by atoms with Crippen LogP contribution >= 0.6 is 11.6 Å². The Morgan fingerprint density at radius 3 is 2.61 bits per heavy atom. The van der Waals surface area contributed by atoms with E-state index in [1.165, 1.54) is 0 Å². The van der Waals surface area contributed by atoms with Gasteiger partial charge >= 0.3 is 0 Å². The molecule has 1 fully saturated rings. The molecule has 2 atom stereocenters. The molecule has 3 aromatic rings. The average Bonchev–Trinajstić information content (AvgIpc) is 3.18. The van der Waals surface area contributed by atoms with Crippen LogP contribution in [-0.4, -0.2) is 49.8 Å². The van der Waals surface area contributed by atoms with Gasteiger partial charge in [0.15, 0.2) is 0 Å². The minimum Gasteiger partial charge on any atom is -0.387 e. The Bertz CT molecular complexity index is 1290. The fraction of sp³-hybridized carbons (Fsp3) is 0.458. The lowest BCUT2D eigenvalue weighted by Gasteiger charge is -2.34. The van der Waals surface area contributed by atoms with Crippen molar-refractivity contribution in [3.05, 3.63) is 73.5 Å². The molecular formula is C24H28ClN5O3. The predicted molar refractivity (Wildman–Crippen MR) is 128 cm³/mol. The van der Waals surface area contributed by atoms with Crippen LogP contribution in [0.25, 0.3) is 11.0 Å². The van der Waals surface area contributed by atoms with Crippen LogP contribution in [0.15, 0.2) is 46.1 Å². The van der Waals surface area contributed by atoms with Gasteiger partial charge in [-0.2, -0.15) is 0 Å². The van der Waals surface area contributed by atoms with Crippen molar-refractivity contribution < 1.29 is 5.11 Å². The molecule has 5 rings (SSSR count). The summed E-state index contributed by atoms with van der Waals surface area (Å²) in [5.41, 5.74) is 2.14. The monoisotopic (exact) mass is 469 g/mol. The molecule has 0 spiro atoms. The summed E-state index contributed by atoms with van der Waals surface area (Å²) in [6.07, 6.45) is 3.09. The van der Waals surface area contributed by atoms with Crippen LogP contribution in [0.4, 0.5) is 0 Å². The quantitative estimate of drug-likeness (QED) is 0.574. The lowest BCUT2D eigenvalue weighted by atomic mass is 10.0. The number of rotatable bonds is 6. The first-order chi connectivity index (χ1) is 15.9. The van der Waals surface area contributed by atoms with Crippen molar-refractivity contribution in [2.75, 3.05) is 19.6 Å². The molecule has 8 nitrogen and oxygen atoms in total. The third-order valence-corrected chi connectivity index (χ3v) is 7.09. The normalized spacial score (nSPS) is 19.9. The number of likely N-dealkylation sites (tertiary alicyclic amines) is 1. The molecule has 1 saturated heterocycles. The van der Waals surface area contributed by atoms with E-state index in [0.29, 0.717) is 29.8 Å². The number of aromatic nitrogens is 3. The van der Waals surface area contributed by atoms with Gasteiger partial charge in [0.2, 0.25) is 0 Å². The van der Waals surface area contributed by atoms with Gasteiger partial charge in [0.25, 0.3) is 11.1 Å². The van der Waals surface area contributed by atoms with Gasteiger partial charge in [-0.25, -0.2) is 0 Å². The Labute approximate surface area is 196 Å². The number of aliphatic hydroxyl groups excluding tert-OH is 1. The molecule has 0 bridgehead atoms. The van der Waals surface area contributed by atoms with Crippen molar-refractivity contribution in [3.8, 4) is 0 Å². The molecule has 1 unspecified atom stereocenters. The number of halogens is 1. The molecule has 2 aliphatic rings. The van der Waals surface area contributed by atoms with Gasteiger partial charge in [0, 0.05) is 49.4 Å². The molecule has 0 amide bonds. The Morgan fingerprint density at radius 1 is 1.18 bits per heavy atom. The van der Waals surface area contributed by atoms with E-state index in [0.717, 1.165) is 49.1 Å². The van der Waals surface area contributed by atoms with E-state index in [2.05, 4.69) is 15.2 Å². The van der Waals surface area contributed by atoms with Gasteiger partial charge in [-0.15, -0.1) is 0 Å². The number of hydrogen-bond donors (Lipinski definition) is 2. The molecule has 174 valence electrons. The number of hydrogen-bond acceptors (Lipinski definition) is 6. The summed E-state index contributed by atoms with van der Waals surface area (Å²) in [7, 11) is 0. The average molecular weight is 470 g/mol. The highest BCUT2D eigenvalue weighted by atomic mass is 35.5. The highest BCUT2D eigenvalue weighted by molar-refractivity contribution is 6.31. The molecule has 0 radical (unpaired) electrons. The molecule has 9 heteroatoms. The van der Waals surface area contributed by atoms with Crippen LogP contribution < -0.4 is 16.4 Å². The van der Waals surface area contributed by atoms with Crippen LogP contribution in [0.3, 0.4) is 0 Å². The molecule has 0 aromatic carbocycles. The second-order valence-corrected chi connectivity index (χ2v) is 9.51. The van der Waals surface area contributed by atoms with Crippen molar-refractivity contribution in [2.45, 2.75) is 51.0 Å². The first kappa shape index (κ1) is 22.3. The maximum Gasteiger partial charge on any atom is 0.252 e. The Balaban J connectivity index is 1.18. The highest BCUT2D eigenvalue weighted by Crippen LogP contribution is 2.25. The molecule has 0 aliphatic carbocycles. The third kappa shape index (κ3) is 4.36. The molecule has 2 aliphatic heterocycles. The number of nitrogens with one attached hydrogen (secondary N) is 1. The van der Waals surface area contributed by atoms with Crippen LogP contribution in [0.1, 0.15) is 43.2 Å². The number of nitrogens with zero attached hydrogens (tertiary/aromatic N) is 4. The summed E-state index contributed by atoms with van der Waals surface area (Å²) in [5, 5.41) is 14.7. The fourth-order valence-corrected chi connectivity index (χ4v) is 5.41. The first-order valence-corrected chi connectivity index (χ1v) is 11.8. The molecular weight excluding hydrogens is 442 g/mol. The number of pyridine rings is 3. The van der Waals surface area contributed by atoms with Gasteiger partial charge in [-0.1, -0.05) is 11.6 Å². The van der Waals surface area contributed by atoms with E-state index in [1.807, 2.05) is 6.07 Å². The molecule has 3 aromatic heterocycles. The second kappa shape index (κ2) is 9.02. The number of piperidine rings is 1. The van der Waals surface area contributed by atoms with Crippen LogP contribution in [0.5, 0.6) is 0 Å². The highest BCUT2D eigenvalue weighted by Gasteiger charge is 2.29.